The molecule has 4 rings (SSSR count). The molecule has 2 aliphatic rings. The smallest absolute Gasteiger partial charge is 0.401 e. The van der Waals surface area contributed by atoms with Gasteiger partial charge in [0.15, 0.2) is 5.15 Å². The van der Waals surface area contributed by atoms with Gasteiger partial charge in [0.1, 0.15) is 11.7 Å². The van der Waals surface area contributed by atoms with Gasteiger partial charge in [0.2, 0.25) is 5.95 Å². The number of nitrogens with two attached hydrogens (primary N) is 1. The Balaban J connectivity index is 0.000000330. The molecule has 0 spiro atoms. The summed E-state index contributed by atoms with van der Waals surface area (Å²) in [5, 5.41) is 4.15. The van der Waals surface area contributed by atoms with Gasteiger partial charge in [0.05, 0.1) is 26.0 Å². The van der Waals surface area contributed by atoms with E-state index in [0.717, 1.165) is 19.4 Å². The lowest BCUT2D eigenvalue weighted by molar-refractivity contribution is -0.149. The Hall–Kier alpha value is -1.92. The van der Waals surface area contributed by atoms with E-state index >= 15 is 0 Å². The average Bonchev–Trinajstić information content (AvgIpc) is 3.01. The van der Waals surface area contributed by atoms with Crippen molar-refractivity contribution in [3.05, 3.63) is 11.3 Å². The Labute approximate surface area is 181 Å². The third-order valence-electron chi connectivity index (χ3n) is 4.89. The van der Waals surface area contributed by atoms with Crippen molar-refractivity contribution in [3.8, 4) is 6.01 Å². The molecule has 2 saturated heterocycles. The minimum Gasteiger partial charge on any atom is -0.463 e. The van der Waals surface area contributed by atoms with Gasteiger partial charge in [-0.25, -0.2) is 9.37 Å². The molecule has 0 aromatic carbocycles. The van der Waals surface area contributed by atoms with E-state index in [0.29, 0.717) is 38.1 Å². The second kappa shape index (κ2) is 10.6. The summed E-state index contributed by atoms with van der Waals surface area (Å²) in [5.41, 5.74) is 5.98. The van der Waals surface area contributed by atoms with E-state index in [2.05, 4.69) is 15.1 Å². The lowest BCUT2D eigenvalue weighted by atomic mass is 9.99. The minimum atomic E-state index is -4.19. The van der Waals surface area contributed by atoms with Crippen molar-refractivity contribution in [1.82, 2.24) is 24.5 Å². The molecule has 2 aromatic rings. The lowest BCUT2D eigenvalue weighted by Gasteiger charge is -2.32. The molecular weight excluding hydrogens is 444 g/mol. The molecule has 13 heteroatoms. The number of ether oxygens (including phenoxy) is 2. The Morgan fingerprint density at radius 3 is 2.74 bits per heavy atom. The van der Waals surface area contributed by atoms with Crippen LogP contribution in [0.15, 0.2) is 6.20 Å². The van der Waals surface area contributed by atoms with Gasteiger partial charge >= 0.3 is 12.2 Å². The molecule has 2 atom stereocenters. The van der Waals surface area contributed by atoms with Crippen LogP contribution in [0.4, 0.5) is 23.5 Å². The van der Waals surface area contributed by atoms with E-state index in [1.165, 1.54) is 15.6 Å². The van der Waals surface area contributed by atoms with E-state index in [9.17, 15) is 17.6 Å². The number of piperidine rings is 1. The van der Waals surface area contributed by atoms with Crippen LogP contribution in [0.3, 0.4) is 0 Å². The van der Waals surface area contributed by atoms with Crippen molar-refractivity contribution >= 4 is 23.1 Å². The second-order valence-corrected chi connectivity index (χ2v) is 7.94. The summed E-state index contributed by atoms with van der Waals surface area (Å²) in [6.07, 6.45) is -0.375. The largest absolute Gasteiger partial charge is 0.463 e. The quantitative estimate of drug-likeness (QED) is 0.689. The summed E-state index contributed by atoms with van der Waals surface area (Å²) in [7, 11) is 0. The highest BCUT2D eigenvalue weighted by atomic mass is 35.5. The molecule has 0 radical (unpaired) electrons. The number of hydrogen-bond acceptors (Lipinski definition) is 7. The van der Waals surface area contributed by atoms with Crippen LogP contribution >= 0.6 is 11.6 Å². The maximum Gasteiger partial charge on any atom is 0.401 e. The Bertz CT molecular complexity index is 846. The highest BCUT2D eigenvalue weighted by Crippen LogP contribution is 2.25. The van der Waals surface area contributed by atoms with Crippen LogP contribution in [0.5, 0.6) is 6.01 Å². The van der Waals surface area contributed by atoms with Crippen LogP contribution in [-0.2, 0) is 4.74 Å². The van der Waals surface area contributed by atoms with Gasteiger partial charge in [-0.3, -0.25) is 4.90 Å². The molecule has 4 heterocycles. The highest BCUT2D eigenvalue weighted by molar-refractivity contribution is 6.32. The molecule has 2 fully saturated rings. The van der Waals surface area contributed by atoms with Crippen molar-refractivity contribution in [3.63, 3.8) is 0 Å². The fourth-order valence-electron chi connectivity index (χ4n) is 3.51. The lowest BCUT2D eigenvalue weighted by Crippen LogP contribution is -2.42. The van der Waals surface area contributed by atoms with Gasteiger partial charge in [0, 0.05) is 19.1 Å². The van der Waals surface area contributed by atoms with E-state index in [1.54, 1.807) is 0 Å². The Morgan fingerprint density at radius 2 is 2.10 bits per heavy atom. The molecule has 2 unspecified atom stereocenters. The number of alkyl halides is 4. The highest BCUT2D eigenvalue weighted by Gasteiger charge is 2.33. The molecule has 174 valence electrons. The first-order chi connectivity index (χ1) is 14.7. The first-order valence-electron chi connectivity index (χ1n) is 10.0. The third kappa shape index (κ3) is 7.32. The van der Waals surface area contributed by atoms with E-state index < -0.39 is 18.9 Å². The summed E-state index contributed by atoms with van der Waals surface area (Å²) in [4.78, 5) is 9.27. The predicted octanol–water partition coefficient (Wildman–Crippen LogP) is 3.15. The van der Waals surface area contributed by atoms with Gasteiger partial charge in [-0.05, 0) is 32.2 Å². The number of anilines is 1. The van der Waals surface area contributed by atoms with Crippen LogP contribution in [0.1, 0.15) is 25.7 Å². The normalized spacial score (nSPS) is 22.7. The first-order valence-corrected chi connectivity index (χ1v) is 10.4. The molecule has 2 N–H and O–H groups in total. The number of aromatic nitrogens is 4. The number of fused-ring (bicyclic) bond motifs is 1. The zero-order chi connectivity index (χ0) is 22.4. The molecule has 2 aliphatic heterocycles. The van der Waals surface area contributed by atoms with Crippen molar-refractivity contribution < 1.29 is 27.0 Å². The first kappa shape index (κ1) is 23.7. The van der Waals surface area contributed by atoms with Gasteiger partial charge in [-0.2, -0.15) is 22.7 Å². The summed E-state index contributed by atoms with van der Waals surface area (Å²) in [6.45, 7) is 1.17. The van der Waals surface area contributed by atoms with Gasteiger partial charge in [-0.1, -0.05) is 11.6 Å². The average molecular weight is 469 g/mol. The van der Waals surface area contributed by atoms with Crippen LogP contribution in [0.2, 0.25) is 5.15 Å². The maximum absolute atomic E-state index is 12.5. The van der Waals surface area contributed by atoms with Crippen LogP contribution in [0, 0.1) is 5.92 Å². The topological polar surface area (TPSA) is 90.8 Å². The molecular formula is C18H25ClF4N6O2. The fraction of sp³-hybridized carbons (Fsp3) is 0.722. The van der Waals surface area contributed by atoms with Crippen LogP contribution < -0.4 is 10.5 Å². The second-order valence-electron chi connectivity index (χ2n) is 7.58. The summed E-state index contributed by atoms with van der Waals surface area (Å²) in [5.74, 6) is 0.0156. The van der Waals surface area contributed by atoms with E-state index in [-0.39, 0.29) is 29.6 Å². The molecule has 2 aromatic heterocycles. The standard InChI is InChI=1S/C13H16ClF3N6O.C5H9FO/c14-10-9-4-19-11(18)21-23(9)12(20-10)24-6-8-2-1-3-22(5-8)7-13(15,16)17;6-5-2-1-3-7-4-5/h4,8H,1-3,5-7H2,(H2,18,21);5H,1-4H2. The van der Waals surface area contributed by atoms with Crippen molar-refractivity contribution in [2.45, 2.75) is 38.0 Å². The predicted molar refractivity (Wildman–Crippen MR) is 106 cm³/mol. The molecule has 0 amide bonds. The zero-order valence-electron chi connectivity index (χ0n) is 16.8. The SMILES string of the molecule is FC1CCCOC1.Nc1ncc2c(Cl)nc(OCC3CCCN(CC(F)(F)F)C3)n2n1. The molecule has 0 bridgehead atoms. The number of halogens is 5. The zero-order valence-corrected chi connectivity index (χ0v) is 17.6. The minimum absolute atomic E-state index is 0.0218. The summed E-state index contributed by atoms with van der Waals surface area (Å²) in [6, 6.07) is 0.150. The van der Waals surface area contributed by atoms with Gasteiger partial charge in [0.25, 0.3) is 0 Å². The van der Waals surface area contributed by atoms with E-state index in [1.807, 2.05) is 0 Å². The number of nitrogen functional groups attached to an aromatic ring is 1. The number of hydrogen-bond donors (Lipinski definition) is 1. The molecule has 31 heavy (non-hydrogen) atoms. The third-order valence-corrected chi connectivity index (χ3v) is 5.17. The van der Waals surface area contributed by atoms with Crippen molar-refractivity contribution in [2.24, 2.45) is 5.92 Å². The summed E-state index contributed by atoms with van der Waals surface area (Å²) < 4.78 is 61.3. The Kier molecular flexibility index (Phi) is 8.11. The molecule has 0 saturated carbocycles. The number of nitrogens with zero attached hydrogens (tertiary/aromatic N) is 5. The number of rotatable bonds is 4. The summed E-state index contributed by atoms with van der Waals surface area (Å²) >= 11 is 5.98. The Morgan fingerprint density at radius 1 is 1.29 bits per heavy atom. The van der Waals surface area contributed by atoms with Gasteiger partial charge < -0.3 is 15.2 Å². The van der Waals surface area contributed by atoms with Crippen LogP contribution in [0.25, 0.3) is 5.52 Å². The van der Waals surface area contributed by atoms with Gasteiger partial charge in [-0.15, -0.1) is 5.10 Å². The molecule has 0 aliphatic carbocycles. The van der Waals surface area contributed by atoms with Crippen LogP contribution in [-0.4, -0.2) is 76.3 Å². The monoisotopic (exact) mass is 468 g/mol. The van der Waals surface area contributed by atoms with E-state index in [4.69, 9.17) is 26.8 Å². The van der Waals surface area contributed by atoms with Crippen molar-refractivity contribution in [1.29, 1.82) is 0 Å². The number of likely N-dealkylation sites (tertiary alicyclic amines) is 1. The maximum atomic E-state index is 12.5. The van der Waals surface area contributed by atoms with Crippen molar-refractivity contribution in [2.75, 3.05) is 45.2 Å². The molecule has 8 nitrogen and oxygen atoms in total. The fourth-order valence-corrected chi connectivity index (χ4v) is 3.71. The number of imidazole rings is 1.